The molecule has 0 aliphatic carbocycles. The molecular weight excluding hydrogens is 428 g/mol. The Kier molecular flexibility index (Phi) is 6.14. The molecule has 6 nitrogen and oxygen atoms in total. The van der Waals surface area contributed by atoms with E-state index in [-0.39, 0.29) is 11.3 Å². The fraction of sp³-hybridized carbons (Fsp3) is 0.120. The third-order valence-corrected chi connectivity index (χ3v) is 5.20. The van der Waals surface area contributed by atoms with Gasteiger partial charge in [0.25, 0.3) is 11.8 Å². The molecule has 3 aromatic rings. The summed E-state index contributed by atoms with van der Waals surface area (Å²) in [5.41, 5.74) is 2.12. The van der Waals surface area contributed by atoms with E-state index in [0.717, 1.165) is 4.90 Å². The maximum atomic E-state index is 13.5. The third-order valence-electron chi connectivity index (χ3n) is 4.96. The Bertz CT molecular complexity index is 1190. The summed E-state index contributed by atoms with van der Waals surface area (Å²) in [6.07, 6.45) is 0. The van der Waals surface area contributed by atoms with Gasteiger partial charge in [-0.15, -0.1) is 0 Å². The molecule has 1 N–H and O–H groups in total. The summed E-state index contributed by atoms with van der Waals surface area (Å²) >= 11 is 6.11. The molecule has 0 saturated carbocycles. The molecule has 0 unspecified atom stereocenters. The summed E-state index contributed by atoms with van der Waals surface area (Å²) in [5, 5.41) is 3.56. The lowest BCUT2D eigenvalue weighted by atomic mass is 10.0. The van der Waals surface area contributed by atoms with Crippen molar-refractivity contribution in [3.63, 3.8) is 0 Å². The van der Waals surface area contributed by atoms with E-state index >= 15 is 0 Å². The summed E-state index contributed by atoms with van der Waals surface area (Å²) in [6.45, 7) is 2.43. The normalized spacial score (nSPS) is 13.5. The number of hydrogen-bond acceptors (Lipinski definition) is 5. The fourth-order valence-electron chi connectivity index (χ4n) is 3.47. The van der Waals surface area contributed by atoms with Crippen LogP contribution in [0.3, 0.4) is 0 Å². The van der Waals surface area contributed by atoms with Crippen LogP contribution in [0.5, 0.6) is 11.5 Å². The number of benzene rings is 3. The van der Waals surface area contributed by atoms with Crippen molar-refractivity contribution in [2.45, 2.75) is 6.92 Å². The Morgan fingerprint density at radius 2 is 1.59 bits per heavy atom. The second-order valence-corrected chi connectivity index (χ2v) is 7.42. The van der Waals surface area contributed by atoms with E-state index in [9.17, 15) is 9.59 Å². The largest absolute Gasteiger partial charge is 0.497 e. The molecule has 0 radical (unpaired) electrons. The highest BCUT2D eigenvalue weighted by Crippen LogP contribution is 2.35. The van der Waals surface area contributed by atoms with Crippen molar-refractivity contribution in [1.29, 1.82) is 0 Å². The zero-order valence-electron chi connectivity index (χ0n) is 17.6. The van der Waals surface area contributed by atoms with E-state index in [1.165, 1.54) is 0 Å². The van der Waals surface area contributed by atoms with Gasteiger partial charge in [0.05, 0.1) is 25.0 Å². The van der Waals surface area contributed by atoms with Crippen molar-refractivity contribution in [2.75, 3.05) is 23.9 Å². The minimum Gasteiger partial charge on any atom is -0.497 e. The molecule has 32 heavy (non-hydrogen) atoms. The molecule has 0 atom stereocenters. The molecule has 1 aliphatic heterocycles. The molecule has 0 saturated heterocycles. The Hall–Kier alpha value is -3.77. The summed E-state index contributed by atoms with van der Waals surface area (Å²) in [4.78, 5) is 28.0. The Morgan fingerprint density at radius 3 is 2.22 bits per heavy atom. The molecule has 0 spiro atoms. The van der Waals surface area contributed by atoms with E-state index in [1.807, 2.05) is 6.92 Å². The van der Waals surface area contributed by atoms with Gasteiger partial charge in [-0.05, 0) is 67.1 Å². The van der Waals surface area contributed by atoms with Crippen LogP contribution in [0.1, 0.15) is 12.5 Å². The Balaban J connectivity index is 1.77. The van der Waals surface area contributed by atoms with Crippen molar-refractivity contribution >= 4 is 40.4 Å². The average Bonchev–Trinajstić information content (AvgIpc) is 3.04. The zero-order valence-corrected chi connectivity index (χ0v) is 18.3. The number of nitrogens with zero attached hydrogens (tertiary/aromatic N) is 1. The van der Waals surface area contributed by atoms with Gasteiger partial charge in [-0.2, -0.15) is 0 Å². The number of rotatable bonds is 7. The first-order valence-electron chi connectivity index (χ1n) is 10.0. The van der Waals surface area contributed by atoms with Gasteiger partial charge in [0.15, 0.2) is 0 Å². The SMILES string of the molecule is CCOc1ccc(C2=C(Nc3ccc(OC)cc3)C(=O)N(c3cccc(Cl)c3)C2=O)cc1. The number of carbonyl (C=O) groups is 2. The smallest absolute Gasteiger partial charge is 0.282 e. The minimum atomic E-state index is -0.461. The van der Waals surface area contributed by atoms with Crippen LogP contribution in [-0.2, 0) is 9.59 Å². The van der Waals surface area contributed by atoms with Crippen molar-refractivity contribution in [1.82, 2.24) is 0 Å². The molecule has 7 heteroatoms. The summed E-state index contributed by atoms with van der Waals surface area (Å²) in [7, 11) is 1.58. The van der Waals surface area contributed by atoms with E-state index in [1.54, 1.807) is 79.9 Å². The van der Waals surface area contributed by atoms with E-state index < -0.39 is 11.8 Å². The predicted molar refractivity (Wildman–Crippen MR) is 125 cm³/mol. The number of amides is 2. The summed E-state index contributed by atoms with van der Waals surface area (Å²) < 4.78 is 10.7. The average molecular weight is 449 g/mol. The van der Waals surface area contributed by atoms with Crippen molar-refractivity contribution in [3.8, 4) is 11.5 Å². The highest BCUT2D eigenvalue weighted by atomic mass is 35.5. The molecule has 3 aromatic carbocycles. The van der Waals surface area contributed by atoms with Crippen molar-refractivity contribution in [2.24, 2.45) is 0 Å². The number of imide groups is 1. The number of anilines is 2. The molecular formula is C25H21ClN2O4. The van der Waals surface area contributed by atoms with Crippen LogP contribution in [-0.4, -0.2) is 25.5 Å². The monoisotopic (exact) mass is 448 g/mol. The van der Waals surface area contributed by atoms with Crippen LogP contribution in [0.15, 0.2) is 78.5 Å². The number of methoxy groups -OCH3 is 1. The molecule has 4 rings (SSSR count). The maximum Gasteiger partial charge on any atom is 0.282 e. The number of hydrogen-bond donors (Lipinski definition) is 1. The number of ether oxygens (including phenoxy) is 2. The van der Waals surface area contributed by atoms with E-state index in [2.05, 4.69) is 5.32 Å². The van der Waals surface area contributed by atoms with Gasteiger partial charge in [0, 0.05) is 10.7 Å². The lowest BCUT2D eigenvalue weighted by Gasteiger charge is -2.15. The number of nitrogens with one attached hydrogen (secondary N) is 1. The molecule has 162 valence electrons. The van der Waals surface area contributed by atoms with Crippen molar-refractivity contribution in [3.05, 3.63) is 89.1 Å². The summed E-state index contributed by atoms with van der Waals surface area (Å²) in [6, 6.07) is 20.8. The first-order chi connectivity index (χ1) is 15.5. The summed E-state index contributed by atoms with van der Waals surface area (Å²) in [5.74, 6) is 0.477. The van der Waals surface area contributed by atoms with Crippen LogP contribution in [0.2, 0.25) is 5.02 Å². The Labute approximate surface area is 191 Å². The molecule has 1 aliphatic rings. The molecule has 2 amide bonds. The van der Waals surface area contributed by atoms with Gasteiger partial charge < -0.3 is 14.8 Å². The van der Waals surface area contributed by atoms with Crippen LogP contribution in [0.25, 0.3) is 5.57 Å². The zero-order chi connectivity index (χ0) is 22.7. The molecule has 1 heterocycles. The lowest BCUT2D eigenvalue weighted by Crippen LogP contribution is -2.32. The lowest BCUT2D eigenvalue weighted by molar-refractivity contribution is -0.120. The van der Waals surface area contributed by atoms with Crippen LogP contribution >= 0.6 is 11.6 Å². The van der Waals surface area contributed by atoms with Gasteiger partial charge in [-0.3, -0.25) is 9.59 Å². The van der Waals surface area contributed by atoms with Gasteiger partial charge in [-0.1, -0.05) is 29.8 Å². The third kappa shape index (κ3) is 4.18. The van der Waals surface area contributed by atoms with Gasteiger partial charge in [0.2, 0.25) is 0 Å². The topological polar surface area (TPSA) is 67.9 Å². The molecule has 0 aromatic heterocycles. The second-order valence-electron chi connectivity index (χ2n) is 6.99. The van der Waals surface area contributed by atoms with Crippen LogP contribution < -0.4 is 19.7 Å². The maximum absolute atomic E-state index is 13.5. The minimum absolute atomic E-state index is 0.185. The van der Waals surface area contributed by atoms with Gasteiger partial charge >= 0.3 is 0 Å². The van der Waals surface area contributed by atoms with Crippen LogP contribution in [0, 0.1) is 0 Å². The van der Waals surface area contributed by atoms with Crippen molar-refractivity contribution < 1.29 is 19.1 Å². The number of halogens is 1. The van der Waals surface area contributed by atoms with Gasteiger partial charge in [0.1, 0.15) is 17.2 Å². The first-order valence-corrected chi connectivity index (χ1v) is 10.4. The van der Waals surface area contributed by atoms with Gasteiger partial charge in [-0.25, -0.2) is 4.90 Å². The highest BCUT2D eigenvalue weighted by molar-refractivity contribution is 6.46. The molecule has 0 fully saturated rings. The second kappa shape index (κ2) is 9.16. The van der Waals surface area contributed by atoms with Crippen LogP contribution in [0.4, 0.5) is 11.4 Å². The van der Waals surface area contributed by atoms with E-state index in [0.29, 0.717) is 40.1 Å². The first kappa shape index (κ1) is 21.5. The molecule has 0 bridgehead atoms. The van der Waals surface area contributed by atoms with E-state index in [4.69, 9.17) is 21.1 Å². The standard InChI is InChI=1S/C25H21ClN2O4/c1-3-32-21-11-7-16(8-12-21)22-23(27-18-9-13-20(31-2)14-10-18)25(30)28(24(22)29)19-6-4-5-17(26)15-19/h4-15,27H,3H2,1-2H3. The quantitative estimate of drug-likeness (QED) is 0.506. The predicted octanol–water partition coefficient (Wildman–Crippen LogP) is 5.14. The Morgan fingerprint density at radius 1 is 0.906 bits per heavy atom. The highest BCUT2D eigenvalue weighted by Gasteiger charge is 2.40. The number of carbonyl (C=O) groups excluding carboxylic acids is 2. The fourth-order valence-corrected chi connectivity index (χ4v) is 3.65.